The Kier molecular flexibility index (Phi) is 4.93. The number of thioether (sulfide) groups is 1. The third-order valence-electron chi connectivity index (χ3n) is 3.61. The van der Waals surface area contributed by atoms with Crippen molar-refractivity contribution in [1.29, 1.82) is 0 Å². The van der Waals surface area contributed by atoms with E-state index in [1.54, 1.807) is 11.8 Å². The Morgan fingerprint density at radius 1 is 1.04 bits per heavy atom. The number of aromatic nitrogens is 3. The summed E-state index contributed by atoms with van der Waals surface area (Å²) in [5.74, 6) is 0.883. The largest absolute Gasteiger partial charge is 0.298 e. The van der Waals surface area contributed by atoms with Crippen molar-refractivity contribution in [2.75, 3.05) is 0 Å². The fraction of sp³-hybridized carbons (Fsp3) is 0.158. The van der Waals surface area contributed by atoms with E-state index in [1.807, 2.05) is 30.3 Å². The summed E-state index contributed by atoms with van der Waals surface area (Å²) in [6, 6.07) is 20.6. The molecule has 0 aliphatic rings. The number of benzene rings is 2. The minimum absolute atomic E-state index is 0.313. The molecule has 1 aromatic heterocycles. The maximum absolute atomic E-state index is 4.40. The third kappa shape index (κ3) is 3.54. The highest BCUT2D eigenvalue weighted by Gasteiger charge is 2.16. The summed E-state index contributed by atoms with van der Waals surface area (Å²) in [5, 5.41) is 10.0. The molecule has 1 atom stereocenters. The molecule has 1 unspecified atom stereocenters. The lowest BCUT2D eigenvalue weighted by Gasteiger charge is -2.12. The molecular formula is C19H19N3S. The zero-order valence-corrected chi connectivity index (χ0v) is 13.9. The zero-order chi connectivity index (χ0) is 16.1. The first-order valence-electron chi connectivity index (χ1n) is 7.60. The SMILES string of the molecule is C=CCn1c(SC(C)c2ccccc2)nnc1-c1ccccc1. The van der Waals surface area contributed by atoms with Crippen LogP contribution < -0.4 is 0 Å². The van der Waals surface area contributed by atoms with Gasteiger partial charge in [-0.25, -0.2) is 0 Å². The molecule has 0 aliphatic carbocycles. The molecule has 3 rings (SSSR count). The van der Waals surface area contributed by atoms with E-state index in [1.165, 1.54) is 5.56 Å². The normalized spacial score (nSPS) is 12.0. The van der Waals surface area contributed by atoms with Crippen LogP contribution in [0.1, 0.15) is 17.7 Å². The van der Waals surface area contributed by atoms with Crippen molar-refractivity contribution in [2.24, 2.45) is 0 Å². The van der Waals surface area contributed by atoms with E-state index in [9.17, 15) is 0 Å². The average molecular weight is 321 g/mol. The van der Waals surface area contributed by atoms with Crippen LogP contribution in [0, 0.1) is 0 Å². The van der Waals surface area contributed by atoms with Gasteiger partial charge in [0.05, 0.1) is 0 Å². The molecule has 0 radical (unpaired) electrons. The second-order valence-corrected chi connectivity index (χ2v) is 6.55. The van der Waals surface area contributed by atoms with E-state index in [4.69, 9.17) is 0 Å². The standard InChI is InChI=1S/C19H19N3S/c1-3-14-22-18(17-12-8-5-9-13-17)20-21-19(22)23-15(2)16-10-6-4-7-11-16/h3-13,15H,1,14H2,2H3. The van der Waals surface area contributed by atoms with Gasteiger partial charge in [0, 0.05) is 17.4 Å². The summed E-state index contributed by atoms with van der Waals surface area (Å²) >= 11 is 1.72. The molecule has 0 amide bonds. The minimum Gasteiger partial charge on any atom is -0.298 e. The first-order valence-corrected chi connectivity index (χ1v) is 8.48. The van der Waals surface area contributed by atoms with Crippen molar-refractivity contribution in [2.45, 2.75) is 23.9 Å². The molecule has 0 spiro atoms. The van der Waals surface area contributed by atoms with Crippen LogP contribution in [0.4, 0.5) is 0 Å². The van der Waals surface area contributed by atoms with Gasteiger partial charge in [0.25, 0.3) is 0 Å². The summed E-state index contributed by atoms with van der Waals surface area (Å²) < 4.78 is 2.12. The number of hydrogen-bond acceptors (Lipinski definition) is 3. The van der Waals surface area contributed by atoms with Crippen LogP contribution in [0.15, 0.2) is 78.5 Å². The van der Waals surface area contributed by atoms with E-state index in [2.05, 4.69) is 64.7 Å². The topological polar surface area (TPSA) is 30.7 Å². The second kappa shape index (κ2) is 7.29. The van der Waals surface area contributed by atoms with Crippen molar-refractivity contribution in [3.05, 3.63) is 78.9 Å². The zero-order valence-electron chi connectivity index (χ0n) is 13.1. The Morgan fingerprint density at radius 2 is 1.70 bits per heavy atom. The fourth-order valence-corrected chi connectivity index (χ4v) is 3.41. The maximum atomic E-state index is 4.40. The molecule has 3 nitrogen and oxygen atoms in total. The lowest BCUT2D eigenvalue weighted by atomic mass is 10.2. The fourth-order valence-electron chi connectivity index (χ4n) is 2.42. The van der Waals surface area contributed by atoms with E-state index < -0.39 is 0 Å². The van der Waals surface area contributed by atoms with Gasteiger partial charge >= 0.3 is 0 Å². The van der Waals surface area contributed by atoms with Gasteiger partial charge in [0.2, 0.25) is 0 Å². The summed E-state index contributed by atoms with van der Waals surface area (Å²) in [4.78, 5) is 0. The van der Waals surface area contributed by atoms with Gasteiger partial charge in [-0.2, -0.15) is 0 Å². The summed E-state index contributed by atoms with van der Waals surface area (Å²) in [6.45, 7) is 6.75. The number of allylic oxidation sites excluding steroid dienone is 1. The van der Waals surface area contributed by atoms with Gasteiger partial charge in [-0.15, -0.1) is 16.8 Å². The minimum atomic E-state index is 0.313. The van der Waals surface area contributed by atoms with E-state index in [0.29, 0.717) is 11.8 Å². The van der Waals surface area contributed by atoms with Crippen LogP contribution in [0.3, 0.4) is 0 Å². The highest BCUT2D eigenvalue weighted by atomic mass is 32.2. The highest BCUT2D eigenvalue weighted by Crippen LogP contribution is 2.35. The predicted molar refractivity (Wildman–Crippen MR) is 96.4 cm³/mol. The van der Waals surface area contributed by atoms with Gasteiger partial charge in [-0.3, -0.25) is 4.57 Å². The molecule has 1 heterocycles. The molecule has 0 bridgehead atoms. The van der Waals surface area contributed by atoms with Gasteiger partial charge < -0.3 is 0 Å². The van der Waals surface area contributed by atoms with Crippen molar-refractivity contribution >= 4 is 11.8 Å². The Balaban J connectivity index is 1.91. The van der Waals surface area contributed by atoms with E-state index in [0.717, 1.165) is 16.5 Å². The first-order chi connectivity index (χ1) is 11.3. The predicted octanol–water partition coefficient (Wildman–Crippen LogP) is 4.98. The molecule has 116 valence electrons. The molecule has 2 aromatic carbocycles. The molecule has 4 heteroatoms. The van der Waals surface area contributed by atoms with Crippen molar-refractivity contribution in [3.63, 3.8) is 0 Å². The van der Waals surface area contributed by atoms with Crippen molar-refractivity contribution in [1.82, 2.24) is 14.8 Å². The second-order valence-electron chi connectivity index (χ2n) is 5.24. The highest BCUT2D eigenvalue weighted by molar-refractivity contribution is 7.99. The Labute approximate surface area is 141 Å². The first kappa shape index (κ1) is 15.6. The van der Waals surface area contributed by atoms with Crippen LogP contribution >= 0.6 is 11.8 Å². The average Bonchev–Trinajstić information content (AvgIpc) is 2.99. The quantitative estimate of drug-likeness (QED) is 0.473. The summed E-state index contributed by atoms with van der Waals surface area (Å²) in [6.07, 6.45) is 1.88. The van der Waals surface area contributed by atoms with Crippen LogP contribution in [-0.4, -0.2) is 14.8 Å². The molecule has 0 aliphatic heterocycles. The molecule has 0 fully saturated rings. The summed E-state index contributed by atoms with van der Waals surface area (Å²) in [7, 11) is 0. The van der Waals surface area contributed by atoms with Gasteiger partial charge in [0.1, 0.15) is 0 Å². The van der Waals surface area contributed by atoms with Crippen molar-refractivity contribution < 1.29 is 0 Å². The Morgan fingerprint density at radius 3 is 2.35 bits per heavy atom. The molecule has 0 saturated carbocycles. The van der Waals surface area contributed by atoms with Crippen LogP contribution in [0.5, 0.6) is 0 Å². The van der Waals surface area contributed by atoms with Gasteiger partial charge in [0.15, 0.2) is 11.0 Å². The summed E-state index contributed by atoms with van der Waals surface area (Å²) in [5.41, 5.74) is 2.35. The smallest absolute Gasteiger partial charge is 0.192 e. The van der Waals surface area contributed by atoms with Crippen LogP contribution in [0.25, 0.3) is 11.4 Å². The van der Waals surface area contributed by atoms with Gasteiger partial charge in [-0.1, -0.05) is 78.5 Å². The van der Waals surface area contributed by atoms with Gasteiger partial charge in [-0.05, 0) is 12.5 Å². The maximum Gasteiger partial charge on any atom is 0.192 e. The third-order valence-corrected chi connectivity index (χ3v) is 4.75. The Hall–Kier alpha value is -2.33. The monoisotopic (exact) mass is 321 g/mol. The molecule has 3 aromatic rings. The molecule has 23 heavy (non-hydrogen) atoms. The van der Waals surface area contributed by atoms with Crippen LogP contribution in [-0.2, 0) is 6.54 Å². The van der Waals surface area contributed by atoms with Crippen LogP contribution in [0.2, 0.25) is 0 Å². The molecule has 0 saturated heterocycles. The molecular weight excluding hydrogens is 302 g/mol. The van der Waals surface area contributed by atoms with E-state index in [-0.39, 0.29) is 0 Å². The van der Waals surface area contributed by atoms with E-state index >= 15 is 0 Å². The number of nitrogens with zero attached hydrogens (tertiary/aromatic N) is 3. The number of hydrogen-bond donors (Lipinski definition) is 0. The number of rotatable bonds is 6. The Bertz CT molecular complexity index is 766. The lowest BCUT2D eigenvalue weighted by Crippen LogP contribution is -2.01. The lowest BCUT2D eigenvalue weighted by molar-refractivity contribution is 0.729. The van der Waals surface area contributed by atoms with Crippen molar-refractivity contribution in [3.8, 4) is 11.4 Å². The molecule has 0 N–H and O–H groups in total.